The molecular formula is C11H12N4O2S. The standard InChI is InChI=1S/C11H12N4O2S/c1-3-8-6-13-11(14-8)18-10-9(15(16)17)4-7(2)5-12-10/h4-6H,3H2,1-2H3,(H,13,14). The van der Waals surface area contributed by atoms with Crippen LogP contribution in [0.1, 0.15) is 18.2 Å². The smallest absolute Gasteiger partial charge is 0.302 e. The Hall–Kier alpha value is -1.89. The highest BCUT2D eigenvalue weighted by Crippen LogP contribution is 2.31. The average Bonchev–Trinajstić information content (AvgIpc) is 2.79. The van der Waals surface area contributed by atoms with Crippen molar-refractivity contribution in [1.29, 1.82) is 0 Å². The molecule has 0 saturated heterocycles. The summed E-state index contributed by atoms with van der Waals surface area (Å²) < 4.78 is 0. The van der Waals surface area contributed by atoms with Gasteiger partial charge >= 0.3 is 5.69 Å². The van der Waals surface area contributed by atoms with Crippen LogP contribution < -0.4 is 0 Å². The van der Waals surface area contributed by atoms with Crippen molar-refractivity contribution in [3.05, 3.63) is 39.8 Å². The number of hydrogen-bond acceptors (Lipinski definition) is 5. The quantitative estimate of drug-likeness (QED) is 0.678. The van der Waals surface area contributed by atoms with Crippen molar-refractivity contribution in [2.45, 2.75) is 30.5 Å². The molecule has 0 amide bonds. The lowest BCUT2D eigenvalue weighted by molar-refractivity contribution is -0.388. The summed E-state index contributed by atoms with van der Waals surface area (Å²) in [4.78, 5) is 21.8. The van der Waals surface area contributed by atoms with Crippen molar-refractivity contribution in [2.75, 3.05) is 0 Å². The van der Waals surface area contributed by atoms with E-state index in [-0.39, 0.29) is 5.69 Å². The fraction of sp³-hybridized carbons (Fsp3) is 0.273. The van der Waals surface area contributed by atoms with Gasteiger partial charge in [0.05, 0.1) is 4.92 Å². The van der Waals surface area contributed by atoms with Crippen LogP contribution in [0.25, 0.3) is 0 Å². The van der Waals surface area contributed by atoms with Gasteiger partial charge in [-0.1, -0.05) is 6.92 Å². The van der Waals surface area contributed by atoms with Crippen LogP contribution in [0.15, 0.2) is 28.6 Å². The number of pyridine rings is 1. The Morgan fingerprint density at radius 1 is 1.44 bits per heavy atom. The van der Waals surface area contributed by atoms with Crippen LogP contribution in [-0.2, 0) is 6.42 Å². The highest BCUT2D eigenvalue weighted by Gasteiger charge is 2.17. The third-order valence-electron chi connectivity index (χ3n) is 2.35. The van der Waals surface area contributed by atoms with Crippen molar-refractivity contribution in [1.82, 2.24) is 15.0 Å². The van der Waals surface area contributed by atoms with Crippen molar-refractivity contribution in [3.8, 4) is 0 Å². The molecule has 0 bridgehead atoms. The molecule has 0 aliphatic carbocycles. The Labute approximate surface area is 108 Å². The summed E-state index contributed by atoms with van der Waals surface area (Å²) >= 11 is 1.17. The fourth-order valence-corrected chi connectivity index (χ4v) is 2.23. The van der Waals surface area contributed by atoms with E-state index in [1.807, 2.05) is 6.92 Å². The number of rotatable bonds is 4. The minimum absolute atomic E-state index is 0.00875. The molecule has 1 N–H and O–H groups in total. The zero-order chi connectivity index (χ0) is 13.1. The summed E-state index contributed by atoms with van der Waals surface area (Å²) in [6.07, 6.45) is 4.18. The SMILES string of the molecule is CCc1cnc(Sc2ncc(C)cc2[N+](=O)[O-])[nH]1. The van der Waals surface area contributed by atoms with Gasteiger partial charge in [0.1, 0.15) is 0 Å². The number of aryl methyl sites for hydroxylation is 2. The summed E-state index contributed by atoms with van der Waals surface area (Å²) in [5.41, 5.74) is 1.77. The lowest BCUT2D eigenvalue weighted by Gasteiger charge is -2.00. The molecule has 7 heteroatoms. The maximum absolute atomic E-state index is 10.9. The Kier molecular flexibility index (Phi) is 3.61. The number of H-pyrrole nitrogens is 1. The first-order valence-electron chi connectivity index (χ1n) is 5.43. The molecule has 6 nitrogen and oxygen atoms in total. The van der Waals surface area contributed by atoms with E-state index in [1.54, 1.807) is 19.3 Å². The lowest BCUT2D eigenvalue weighted by Crippen LogP contribution is -1.94. The van der Waals surface area contributed by atoms with E-state index in [9.17, 15) is 10.1 Å². The number of aromatic amines is 1. The molecule has 2 aromatic heterocycles. The van der Waals surface area contributed by atoms with Crippen molar-refractivity contribution >= 4 is 17.4 Å². The van der Waals surface area contributed by atoms with Gasteiger partial charge in [0.2, 0.25) is 0 Å². The first-order valence-corrected chi connectivity index (χ1v) is 6.24. The third-order valence-corrected chi connectivity index (χ3v) is 3.25. The molecule has 94 valence electrons. The number of imidazole rings is 1. The van der Waals surface area contributed by atoms with Gasteiger partial charge in [0.25, 0.3) is 0 Å². The molecule has 0 unspecified atom stereocenters. The zero-order valence-electron chi connectivity index (χ0n) is 10.0. The zero-order valence-corrected chi connectivity index (χ0v) is 10.8. The Morgan fingerprint density at radius 2 is 2.22 bits per heavy atom. The predicted octanol–water partition coefficient (Wildman–Crippen LogP) is 2.73. The van der Waals surface area contributed by atoms with Gasteiger partial charge in [-0.05, 0) is 30.7 Å². The van der Waals surface area contributed by atoms with Crippen LogP contribution in [0, 0.1) is 17.0 Å². The largest absolute Gasteiger partial charge is 0.337 e. The molecule has 2 aromatic rings. The van der Waals surface area contributed by atoms with E-state index in [2.05, 4.69) is 15.0 Å². The number of nitro groups is 1. The van der Waals surface area contributed by atoms with Crippen molar-refractivity contribution < 1.29 is 4.92 Å². The first kappa shape index (κ1) is 12.6. The van der Waals surface area contributed by atoms with Crippen LogP contribution in [-0.4, -0.2) is 19.9 Å². The van der Waals surface area contributed by atoms with Crippen LogP contribution in [0.2, 0.25) is 0 Å². The van der Waals surface area contributed by atoms with Crippen LogP contribution in [0.4, 0.5) is 5.69 Å². The van der Waals surface area contributed by atoms with Gasteiger partial charge in [-0.25, -0.2) is 9.97 Å². The Balaban J connectivity index is 2.30. The topological polar surface area (TPSA) is 84.7 Å². The molecule has 0 aliphatic heterocycles. The van der Waals surface area contributed by atoms with E-state index in [0.29, 0.717) is 10.2 Å². The molecule has 0 fully saturated rings. The van der Waals surface area contributed by atoms with E-state index >= 15 is 0 Å². The summed E-state index contributed by atoms with van der Waals surface area (Å²) in [5.74, 6) is 0. The second-order valence-electron chi connectivity index (χ2n) is 3.76. The summed E-state index contributed by atoms with van der Waals surface area (Å²) in [6.45, 7) is 3.78. The molecule has 0 atom stereocenters. The minimum atomic E-state index is -0.425. The normalized spacial score (nSPS) is 10.6. The third kappa shape index (κ3) is 2.67. The van der Waals surface area contributed by atoms with E-state index < -0.39 is 4.92 Å². The van der Waals surface area contributed by atoms with Crippen LogP contribution >= 0.6 is 11.8 Å². The monoisotopic (exact) mass is 264 g/mol. The number of nitrogens with one attached hydrogen (secondary N) is 1. The second kappa shape index (κ2) is 5.18. The van der Waals surface area contributed by atoms with Gasteiger partial charge in [-0.2, -0.15) is 0 Å². The van der Waals surface area contributed by atoms with Gasteiger partial charge in [0, 0.05) is 24.2 Å². The molecule has 2 heterocycles. The molecular weight excluding hydrogens is 252 g/mol. The Morgan fingerprint density at radius 3 is 2.83 bits per heavy atom. The molecule has 0 saturated carbocycles. The van der Waals surface area contributed by atoms with Gasteiger partial charge in [-0.15, -0.1) is 0 Å². The first-order chi connectivity index (χ1) is 8.60. The molecule has 0 aromatic carbocycles. The summed E-state index contributed by atoms with van der Waals surface area (Å²) in [7, 11) is 0. The number of aromatic nitrogens is 3. The highest BCUT2D eigenvalue weighted by atomic mass is 32.2. The van der Waals surface area contributed by atoms with Gasteiger partial charge in [-0.3, -0.25) is 10.1 Å². The van der Waals surface area contributed by atoms with E-state index in [1.165, 1.54) is 17.8 Å². The van der Waals surface area contributed by atoms with Gasteiger partial charge in [0.15, 0.2) is 10.2 Å². The Bertz CT molecular complexity index is 582. The molecule has 0 radical (unpaired) electrons. The average molecular weight is 264 g/mol. The molecule has 0 aliphatic rings. The maximum atomic E-state index is 10.9. The molecule has 18 heavy (non-hydrogen) atoms. The highest BCUT2D eigenvalue weighted by molar-refractivity contribution is 7.99. The second-order valence-corrected chi connectivity index (χ2v) is 4.74. The van der Waals surface area contributed by atoms with E-state index in [4.69, 9.17) is 0 Å². The maximum Gasteiger partial charge on any atom is 0.302 e. The van der Waals surface area contributed by atoms with Crippen LogP contribution in [0.5, 0.6) is 0 Å². The van der Waals surface area contributed by atoms with Crippen molar-refractivity contribution in [2.24, 2.45) is 0 Å². The predicted molar refractivity (Wildman–Crippen MR) is 67.7 cm³/mol. The number of nitrogens with zero attached hydrogens (tertiary/aromatic N) is 3. The fourth-order valence-electron chi connectivity index (χ4n) is 1.41. The summed E-state index contributed by atoms with van der Waals surface area (Å²) in [5, 5.41) is 11.9. The van der Waals surface area contributed by atoms with Crippen molar-refractivity contribution in [3.63, 3.8) is 0 Å². The summed E-state index contributed by atoms with van der Waals surface area (Å²) in [6, 6.07) is 1.51. The minimum Gasteiger partial charge on any atom is -0.337 e. The van der Waals surface area contributed by atoms with E-state index in [0.717, 1.165) is 17.7 Å². The lowest BCUT2D eigenvalue weighted by atomic mass is 10.3. The molecule has 0 spiro atoms. The van der Waals surface area contributed by atoms with Gasteiger partial charge < -0.3 is 4.98 Å². The molecule has 2 rings (SSSR count). The van der Waals surface area contributed by atoms with Crippen LogP contribution in [0.3, 0.4) is 0 Å². The number of hydrogen-bond donors (Lipinski definition) is 1.